The molecule has 0 saturated heterocycles. The minimum absolute atomic E-state index is 0.0313. The molecule has 4 heterocycles. The Balaban J connectivity index is 1.10. The van der Waals surface area contributed by atoms with Crippen LogP contribution in [0.3, 0.4) is 0 Å². The van der Waals surface area contributed by atoms with Crippen molar-refractivity contribution in [2.24, 2.45) is 0 Å². The number of amides is 2. The van der Waals surface area contributed by atoms with E-state index < -0.39 is 6.10 Å². The Morgan fingerprint density at radius 3 is 2.88 bits per heavy atom. The van der Waals surface area contributed by atoms with E-state index in [0.29, 0.717) is 31.6 Å². The summed E-state index contributed by atoms with van der Waals surface area (Å²) in [4.78, 5) is 35.3. The van der Waals surface area contributed by atoms with Gasteiger partial charge in [0.15, 0.2) is 0 Å². The molecule has 10 nitrogen and oxygen atoms in total. The van der Waals surface area contributed by atoms with Gasteiger partial charge in [-0.05, 0) is 24.0 Å². The number of hydrogen-bond acceptors (Lipinski definition) is 7. The first-order valence-corrected chi connectivity index (χ1v) is 11.6. The molecule has 1 aromatic carbocycles. The molecular formula is C24H28N6O4. The number of imidazole rings is 1. The van der Waals surface area contributed by atoms with E-state index in [1.54, 1.807) is 6.20 Å². The number of aliphatic hydroxyl groups is 1. The predicted octanol–water partition coefficient (Wildman–Crippen LogP) is 0.765. The lowest BCUT2D eigenvalue weighted by molar-refractivity contribution is 0.0838. The van der Waals surface area contributed by atoms with E-state index in [9.17, 15) is 14.7 Å². The summed E-state index contributed by atoms with van der Waals surface area (Å²) in [5.41, 5.74) is 2.97. The van der Waals surface area contributed by atoms with Crippen LogP contribution >= 0.6 is 0 Å². The van der Waals surface area contributed by atoms with Crippen LogP contribution < -0.4 is 10.6 Å². The molecular weight excluding hydrogens is 436 g/mol. The SMILES string of the molecule is O=C(NCC(O)CN1CCc2ccccc2C1)c1cn2c(n1)CCC(NC(=O)c1ncco1)C2. The number of β-amino-alcohol motifs (C(OH)–C–C–N with tert-alkyl or cyclic N) is 1. The number of fused-ring (bicyclic) bond motifs is 2. The van der Waals surface area contributed by atoms with E-state index in [4.69, 9.17) is 4.42 Å². The quantitative estimate of drug-likeness (QED) is 0.471. The van der Waals surface area contributed by atoms with Gasteiger partial charge in [-0.25, -0.2) is 9.97 Å². The molecule has 0 radical (unpaired) electrons. The van der Waals surface area contributed by atoms with Crippen molar-refractivity contribution < 1.29 is 19.1 Å². The second-order valence-corrected chi connectivity index (χ2v) is 8.86. The van der Waals surface area contributed by atoms with Crippen LogP contribution in [0.4, 0.5) is 0 Å². The number of aliphatic hydroxyl groups excluding tert-OH is 1. The zero-order valence-electron chi connectivity index (χ0n) is 18.8. The molecule has 2 atom stereocenters. The molecule has 2 amide bonds. The number of rotatable bonds is 7. The Bertz CT molecular complexity index is 1160. The molecule has 3 aromatic rings. The molecule has 2 aliphatic heterocycles. The number of aromatic nitrogens is 3. The molecule has 178 valence electrons. The third-order valence-corrected chi connectivity index (χ3v) is 6.36. The summed E-state index contributed by atoms with van der Waals surface area (Å²) in [7, 11) is 0. The van der Waals surface area contributed by atoms with Gasteiger partial charge >= 0.3 is 5.91 Å². The van der Waals surface area contributed by atoms with Crippen molar-refractivity contribution in [1.82, 2.24) is 30.1 Å². The van der Waals surface area contributed by atoms with Crippen LogP contribution in [0.5, 0.6) is 0 Å². The van der Waals surface area contributed by atoms with Crippen LogP contribution in [0.1, 0.15) is 44.5 Å². The molecule has 0 saturated carbocycles. The first-order valence-electron chi connectivity index (χ1n) is 11.6. The third-order valence-electron chi connectivity index (χ3n) is 6.36. The van der Waals surface area contributed by atoms with E-state index in [0.717, 1.165) is 25.3 Å². The number of nitrogens with one attached hydrogen (secondary N) is 2. The number of carbonyl (C=O) groups is 2. The molecule has 0 bridgehead atoms. The van der Waals surface area contributed by atoms with Crippen LogP contribution in [0.2, 0.25) is 0 Å². The van der Waals surface area contributed by atoms with Crippen LogP contribution in [-0.2, 0) is 25.9 Å². The first-order chi connectivity index (χ1) is 16.5. The Morgan fingerprint density at radius 1 is 1.21 bits per heavy atom. The summed E-state index contributed by atoms with van der Waals surface area (Å²) in [6, 6.07) is 8.27. The van der Waals surface area contributed by atoms with Crippen molar-refractivity contribution >= 4 is 11.8 Å². The highest BCUT2D eigenvalue weighted by atomic mass is 16.3. The fraction of sp³-hybridized carbons (Fsp3) is 0.417. The minimum Gasteiger partial charge on any atom is -0.441 e. The molecule has 0 fully saturated rings. The van der Waals surface area contributed by atoms with Crippen molar-refractivity contribution in [3.63, 3.8) is 0 Å². The highest BCUT2D eigenvalue weighted by Crippen LogP contribution is 2.19. The molecule has 0 aliphatic carbocycles. The third kappa shape index (κ3) is 5.02. The van der Waals surface area contributed by atoms with Crippen LogP contribution in [-0.4, -0.2) is 68.1 Å². The fourth-order valence-corrected chi connectivity index (χ4v) is 4.63. The largest absolute Gasteiger partial charge is 0.441 e. The Kier molecular flexibility index (Phi) is 6.41. The number of carbonyl (C=O) groups excluding carboxylic acids is 2. The van der Waals surface area contributed by atoms with Crippen LogP contribution in [0.25, 0.3) is 0 Å². The zero-order valence-corrected chi connectivity index (χ0v) is 18.8. The number of aryl methyl sites for hydroxylation is 1. The Labute approximate surface area is 197 Å². The van der Waals surface area contributed by atoms with Gasteiger partial charge in [0.2, 0.25) is 0 Å². The van der Waals surface area contributed by atoms with E-state index in [1.807, 2.05) is 10.6 Å². The maximum absolute atomic E-state index is 12.6. The number of hydrogen-bond donors (Lipinski definition) is 3. The van der Waals surface area contributed by atoms with Crippen LogP contribution in [0.15, 0.2) is 47.3 Å². The van der Waals surface area contributed by atoms with Gasteiger partial charge in [0.25, 0.3) is 11.8 Å². The first kappa shape index (κ1) is 22.3. The van der Waals surface area contributed by atoms with Gasteiger partial charge in [-0.15, -0.1) is 0 Å². The molecule has 5 rings (SSSR count). The summed E-state index contributed by atoms with van der Waals surface area (Å²) in [5, 5.41) is 16.2. The van der Waals surface area contributed by atoms with E-state index in [-0.39, 0.29) is 30.3 Å². The van der Waals surface area contributed by atoms with Crippen molar-refractivity contribution in [1.29, 1.82) is 0 Å². The predicted molar refractivity (Wildman–Crippen MR) is 122 cm³/mol. The molecule has 2 aliphatic rings. The monoisotopic (exact) mass is 464 g/mol. The van der Waals surface area contributed by atoms with Gasteiger partial charge in [0.05, 0.1) is 12.3 Å². The average molecular weight is 465 g/mol. The number of oxazole rings is 1. The summed E-state index contributed by atoms with van der Waals surface area (Å²) in [5.74, 6) is 0.163. The molecule has 10 heteroatoms. The molecule has 3 N–H and O–H groups in total. The number of nitrogens with zero attached hydrogens (tertiary/aromatic N) is 4. The smallest absolute Gasteiger partial charge is 0.307 e. The maximum atomic E-state index is 12.6. The van der Waals surface area contributed by atoms with Gasteiger partial charge in [0.1, 0.15) is 17.8 Å². The van der Waals surface area contributed by atoms with Crippen molar-refractivity contribution in [2.45, 2.75) is 44.5 Å². The molecule has 0 spiro atoms. The van der Waals surface area contributed by atoms with Gasteiger partial charge in [-0.2, -0.15) is 0 Å². The molecule has 34 heavy (non-hydrogen) atoms. The van der Waals surface area contributed by atoms with Crippen LogP contribution in [0, 0.1) is 0 Å². The van der Waals surface area contributed by atoms with E-state index >= 15 is 0 Å². The maximum Gasteiger partial charge on any atom is 0.307 e. The highest BCUT2D eigenvalue weighted by Gasteiger charge is 2.25. The summed E-state index contributed by atoms with van der Waals surface area (Å²) in [6.07, 6.45) is 6.14. The van der Waals surface area contributed by atoms with E-state index in [1.165, 1.54) is 23.6 Å². The Hall–Kier alpha value is -3.50. The normalized spacial score (nSPS) is 18.6. The van der Waals surface area contributed by atoms with Crippen molar-refractivity contribution in [3.8, 4) is 0 Å². The second kappa shape index (κ2) is 9.78. The van der Waals surface area contributed by atoms with Gasteiger partial charge in [0, 0.05) is 51.4 Å². The van der Waals surface area contributed by atoms with Gasteiger partial charge in [-0.3, -0.25) is 14.5 Å². The lowest BCUT2D eigenvalue weighted by atomic mass is 10.00. The lowest BCUT2D eigenvalue weighted by Crippen LogP contribution is -2.42. The fourth-order valence-electron chi connectivity index (χ4n) is 4.63. The van der Waals surface area contributed by atoms with E-state index in [2.05, 4.69) is 43.7 Å². The average Bonchev–Trinajstić information content (AvgIpc) is 3.52. The molecule has 2 aromatic heterocycles. The lowest BCUT2D eigenvalue weighted by Gasteiger charge is -2.30. The minimum atomic E-state index is -0.666. The van der Waals surface area contributed by atoms with Gasteiger partial charge in [-0.1, -0.05) is 24.3 Å². The number of benzene rings is 1. The summed E-state index contributed by atoms with van der Waals surface area (Å²) < 4.78 is 6.92. The second-order valence-electron chi connectivity index (χ2n) is 8.86. The van der Waals surface area contributed by atoms with Crippen molar-refractivity contribution in [3.05, 3.63) is 71.5 Å². The zero-order chi connectivity index (χ0) is 23.5. The highest BCUT2D eigenvalue weighted by molar-refractivity contribution is 5.92. The topological polar surface area (TPSA) is 126 Å². The van der Waals surface area contributed by atoms with Crippen molar-refractivity contribution in [2.75, 3.05) is 19.6 Å². The van der Waals surface area contributed by atoms with Gasteiger partial charge < -0.3 is 24.7 Å². The summed E-state index contributed by atoms with van der Waals surface area (Å²) >= 11 is 0. The Morgan fingerprint density at radius 2 is 2.06 bits per heavy atom. The summed E-state index contributed by atoms with van der Waals surface area (Å²) in [6.45, 7) is 2.88. The molecule has 2 unspecified atom stereocenters. The standard InChI is InChI=1S/C24H28N6O4/c31-19(14-29-9-7-16-3-1-2-4-17(16)12-29)11-26-22(32)20-15-30-13-18(5-6-21(30)28-20)27-23(33)24-25-8-10-34-24/h1-4,8,10,15,18-19,31H,5-7,9,11-14H2,(H,26,32)(H,27,33).